The van der Waals surface area contributed by atoms with Crippen LogP contribution in [0.3, 0.4) is 0 Å². The largest absolute Gasteiger partial charge is 0.309 e. The van der Waals surface area contributed by atoms with E-state index in [9.17, 15) is 4.79 Å². The molecule has 0 heterocycles. The SMILES string of the molecule is CN(C)CC1CCc2ccccc2C(=O)C1. The molecule has 0 amide bonds. The first-order valence-corrected chi connectivity index (χ1v) is 5.92. The zero-order valence-corrected chi connectivity index (χ0v) is 10.1. The monoisotopic (exact) mass is 217 g/mol. The Hall–Kier alpha value is -1.15. The van der Waals surface area contributed by atoms with E-state index in [1.807, 2.05) is 18.2 Å². The molecule has 86 valence electrons. The van der Waals surface area contributed by atoms with Gasteiger partial charge in [-0.05, 0) is 38.4 Å². The molecular weight excluding hydrogens is 198 g/mol. The second kappa shape index (κ2) is 4.79. The number of aryl methyl sites for hydroxylation is 1. The summed E-state index contributed by atoms with van der Waals surface area (Å²) < 4.78 is 0. The predicted molar refractivity (Wildman–Crippen MR) is 65.8 cm³/mol. The fourth-order valence-electron chi connectivity index (χ4n) is 2.52. The highest BCUT2D eigenvalue weighted by Gasteiger charge is 2.22. The maximum absolute atomic E-state index is 12.1. The van der Waals surface area contributed by atoms with Crippen LogP contribution in [-0.4, -0.2) is 31.3 Å². The standard InChI is InChI=1S/C14H19NO/c1-15(2)10-11-7-8-12-5-3-4-6-13(12)14(16)9-11/h3-6,11H,7-10H2,1-2H3. The third-order valence-electron chi connectivity index (χ3n) is 3.24. The van der Waals surface area contributed by atoms with Crippen LogP contribution in [0.5, 0.6) is 0 Å². The van der Waals surface area contributed by atoms with Gasteiger partial charge in [0.2, 0.25) is 0 Å². The van der Waals surface area contributed by atoms with Crippen molar-refractivity contribution in [2.24, 2.45) is 5.92 Å². The number of fused-ring (bicyclic) bond motifs is 1. The molecule has 16 heavy (non-hydrogen) atoms. The Morgan fingerprint density at radius 3 is 2.81 bits per heavy atom. The second-order valence-corrected chi connectivity index (χ2v) is 4.95. The number of rotatable bonds is 2. The van der Waals surface area contributed by atoms with Crippen molar-refractivity contribution in [3.63, 3.8) is 0 Å². The fraction of sp³-hybridized carbons (Fsp3) is 0.500. The van der Waals surface area contributed by atoms with Crippen LogP contribution in [0.2, 0.25) is 0 Å². The Bertz CT molecular complexity index is 384. The van der Waals surface area contributed by atoms with Gasteiger partial charge in [-0.2, -0.15) is 0 Å². The van der Waals surface area contributed by atoms with Gasteiger partial charge in [-0.25, -0.2) is 0 Å². The average Bonchev–Trinajstić information content (AvgIpc) is 2.39. The minimum absolute atomic E-state index is 0.319. The molecule has 0 radical (unpaired) electrons. The van der Waals surface area contributed by atoms with E-state index >= 15 is 0 Å². The Morgan fingerprint density at radius 1 is 1.31 bits per heavy atom. The van der Waals surface area contributed by atoms with Gasteiger partial charge < -0.3 is 4.90 Å². The summed E-state index contributed by atoms with van der Waals surface area (Å²) >= 11 is 0. The Kier molecular flexibility index (Phi) is 3.39. The van der Waals surface area contributed by atoms with Crippen molar-refractivity contribution < 1.29 is 4.79 Å². The summed E-state index contributed by atoms with van der Waals surface area (Å²) in [6, 6.07) is 8.04. The summed E-state index contributed by atoms with van der Waals surface area (Å²) in [6.07, 6.45) is 2.87. The van der Waals surface area contributed by atoms with E-state index in [1.165, 1.54) is 5.56 Å². The van der Waals surface area contributed by atoms with Gasteiger partial charge in [-0.3, -0.25) is 4.79 Å². The summed E-state index contributed by atoms with van der Waals surface area (Å²) in [5.74, 6) is 0.829. The lowest BCUT2D eigenvalue weighted by atomic mass is 9.98. The molecule has 1 aromatic rings. The number of hydrogen-bond acceptors (Lipinski definition) is 2. The molecule has 0 bridgehead atoms. The highest BCUT2D eigenvalue weighted by atomic mass is 16.1. The molecular formula is C14H19NO. The van der Waals surface area contributed by atoms with Gasteiger partial charge in [0, 0.05) is 18.5 Å². The van der Waals surface area contributed by atoms with Gasteiger partial charge in [0.25, 0.3) is 0 Å². The molecule has 2 rings (SSSR count). The van der Waals surface area contributed by atoms with E-state index in [0.717, 1.165) is 24.9 Å². The Labute approximate surface area is 97.3 Å². The van der Waals surface area contributed by atoms with E-state index in [0.29, 0.717) is 18.1 Å². The first kappa shape index (κ1) is 11.3. The van der Waals surface area contributed by atoms with Gasteiger partial charge in [0.15, 0.2) is 5.78 Å². The van der Waals surface area contributed by atoms with Gasteiger partial charge in [-0.15, -0.1) is 0 Å². The van der Waals surface area contributed by atoms with Crippen LogP contribution < -0.4 is 0 Å². The molecule has 1 aromatic carbocycles. The Morgan fingerprint density at radius 2 is 2.06 bits per heavy atom. The van der Waals surface area contributed by atoms with Crippen LogP contribution in [0.25, 0.3) is 0 Å². The number of hydrogen-bond donors (Lipinski definition) is 0. The number of benzene rings is 1. The van der Waals surface area contributed by atoms with Gasteiger partial charge in [0.1, 0.15) is 0 Å². The minimum atomic E-state index is 0.319. The molecule has 0 aromatic heterocycles. The van der Waals surface area contributed by atoms with Crippen LogP contribution in [0.1, 0.15) is 28.8 Å². The quantitative estimate of drug-likeness (QED) is 0.709. The van der Waals surface area contributed by atoms with Crippen molar-refractivity contribution in [3.8, 4) is 0 Å². The van der Waals surface area contributed by atoms with Crippen molar-refractivity contribution in [1.29, 1.82) is 0 Å². The second-order valence-electron chi connectivity index (χ2n) is 4.95. The normalized spacial score (nSPS) is 20.7. The number of ketones is 1. The Balaban J connectivity index is 2.16. The van der Waals surface area contributed by atoms with Crippen LogP contribution in [0.4, 0.5) is 0 Å². The molecule has 0 aliphatic heterocycles. The maximum Gasteiger partial charge on any atom is 0.163 e. The molecule has 0 saturated carbocycles. The first-order chi connectivity index (χ1) is 7.66. The molecule has 2 heteroatoms. The van der Waals surface area contributed by atoms with Crippen molar-refractivity contribution >= 4 is 5.78 Å². The van der Waals surface area contributed by atoms with E-state index in [-0.39, 0.29) is 0 Å². The van der Waals surface area contributed by atoms with Crippen LogP contribution in [0.15, 0.2) is 24.3 Å². The summed E-state index contributed by atoms with van der Waals surface area (Å²) in [5.41, 5.74) is 2.18. The van der Waals surface area contributed by atoms with Crippen molar-refractivity contribution in [3.05, 3.63) is 35.4 Å². The third-order valence-corrected chi connectivity index (χ3v) is 3.24. The molecule has 1 aliphatic carbocycles. The molecule has 2 nitrogen and oxygen atoms in total. The topological polar surface area (TPSA) is 20.3 Å². The molecule has 0 fully saturated rings. The number of nitrogens with zero attached hydrogens (tertiary/aromatic N) is 1. The van der Waals surface area contributed by atoms with E-state index in [4.69, 9.17) is 0 Å². The van der Waals surface area contributed by atoms with Gasteiger partial charge in [-0.1, -0.05) is 24.3 Å². The third kappa shape index (κ3) is 2.50. The minimum Gasteiger partial charge on any atom is -0.309 e. The van der Waals surface area contributed by atoms with Crippen molar-refractivity contribution in [2.45, 2.75) is 19.3 Å². The number of Topliss-reactive ketones (excluding diaryl/α,β-unsaturated/α-hetero) is 1. The van der Waals surface area contributed by atoms with Crippen LogP contribution in [0, 0.1) is 5.92 Å². The highest BCUT2D eigenvalue weighted by molar-refractivity contribution is 5.97. The van der Waals surface area contributed by atoms with E-state index in [2.05, 4.69) is 25.1 Å². The van der Waals surface area contributed by atoms with Gasteiger partial charge in [0.05, 0.1) is 0 Å². The van der Waals surface area contributed by atoms with Crippen molar-refractivity contribution in [2.75, 3.05) is 20.6 Å². The number of carbonyl (C=O) groups excluding carboxylic acids is 1. The zero-order chi connectivity index (χ0) is 11.5. The van der Waals surface area contributed by atoms with E-state index in [1.54, 1.807) is 0 Å². The molecule has 1 atom stereocenters. The maximum atomic E-state index is 12.1. The molecule has 1 aliphatic rings. The molecule has 0 spiro atoms. The average molecular weight is 217 g/mol. The zero-order valence-electron chi connectivity index (χ0n) is 10.1. The van der Waals surface area contributed by atoms with Crippen LogP contribution >= 0.6 is 0 Å². The van der Waals surface area contributed by atoms with E-state index < -0.39 is 0 Å². The lowest BCUT2D eigenvalue weighted by Crippen LogP contribution is -2.23. The van der Waals surface area contributed by atoms with Crippen LogP contribution in [-0.2, 0) is 6.42 Å². The molecule has 0 N–H and O–H groups in total. The molecule has 1 unspecified atom stereocenters. The lowest BCUT2D eigenvalue weighted by Gasteiger charge is -2.18. The van der Waals surface area contributed by atoms with Crippen molar-refractivity contribution in [1.82, 2.24) is 4.90 Å². The van der Waals surface area contributed by atoms with Gasteiger partial charge >= 0.3 is 0 Å². The number of carbonyl (C=O) groups is 1. The summed E-state index contributed by atoms with van der Waals surface area (Å²) in [6.45, 7) is 1.01. The highest BCUT2D eigenvalue weighted by Crippen LogP contribution is 2.24. The first-order valence-electron chi connectivity index (χ1n) is 5.92. The smallest absolute Gasteiger partial charge is 0.163 e. The summed E-state index contributed by atoms with van der Waals surface area (Å²) in [4.78, 5) is 14.3. The fourth-order valence-corrected chi connectivity index (χ4v) is 2.52. The summed E-state index contributed by atoms with van der Waals surface area (Å²) in [7, 11) is 4.14. The predicted octanol–water partition coefficient (Wildman–Crippen LogP) is 2.38. The lowest BCUT2D eigenvalue weighted by molar-refractivity contribution is 0.0956. The summed E-state index contributed by atoms with van der Waals surface area (Å²) in [5, 5.41) is 0. The molecule has 0 saturated heterocycles.